The Labute approximate surface area is 145 Å². The van der Waals surface area contributed by atoms with Crippen molar-refractivity contribution in [3.05, 3.63) is 47.7 Å². The summed E-state index contributed by atoms with van der Waals surface area (Å²) in [5.41, 5.74) is -0.177. The molecule has 6 nitrogen and oxygen atoms in total. The highest BCUT2D eigenvalue weighted by Gasteiger charge is 2.30. The van der Waals surface area contributed by atoms with Crippen molar-refractivity contribution in [1.29, 1.82) is 0 Å². The summed E-state index contributed by atoms with van der Waals surface area (Å²) in [6, 6.07) is 11.0. The molecule has 0 aliphatic carbocycles. The third-order valence-electron chi connectivity index (χ3n) is 3.92. The quantitative estimate of drug-likeness (QED) is 0.554. The van der Waals surface area contributed by atoms with Crippen molar-refractivity contribution in [2.24, 2.45) is 0 Å². The average molecular weight is 340 g/mol. The summed E-state index contributed by atoms with van der Waals surface area (Å²) in [6.45, 7) is 5.53. The smallest absolute Gasteiger partial charge is 0.359 e. The van der Waals surface area contributed by atoms with Crippen LogP contribution in [0.15, 0.2) is 36.4 Å². The van der Waals surface area contributed by atoms with E-state index in [9.17, 15) is 14.8 Å². The van der Waals surface area contributed by atoms with E-state index in [2.05, 4.69) is 5.32 Å². The molecule has 3 aromatic rings. The zero-order valence-electron chi connectivity index (χ0n) is 14.6. The van der Waals surface area contributed by atoms with E-state index in [0.717, 1.165) is 15.5 Å². The minimum Gasteiger partial charge on any atom is -0.464 e. The van der Waals surface area contributed by atoms with Crippen LogP contribution in [0.5, 0.6) is 0 Å². The van der Waals surface area contributed by atoms with E-state index in [1.807, 2.05) is 51.1 Å². The maximum atomic E-state index is 12.8. The largest absolute Gasteiger partial charge is 0.464 e. The van der Waals surface area contributed by atoms with E-state index in [1.54, 1.807) is 6.07 Å². The van der Waals surface area contributed by atoms with Crippen molar-refractivity contribution < 1.29 is 19.5 Å². The number of esters is 1. The predicted octanol–water partition coefficient (Wildman–Crippen LogP) is 3.35. The van der Waals surface area contributed by atoms with Crippen LogP contribution in [0.25, 0.3) is 21.7 Å². The molecular formula is C19H20N2O4. The van der Waals surface area contributed by atoms with Gasteiger partial charge < -0.3 is 15.3 Å². The van der Waals surface area contributed by atoms with Gasteiger partial charge in [-0.2, -0.15) is 4.73 Å². The number of aromatic nitrogens is 1. The van der Waals surface area contributed by atoms with Crippen LogP contribution in [0.3, 0.4) is 0 Å². The average Bonchev–Trinajstić information content (AvgIpc) is 2.86. The number of hydrogen-bond acceptors (Lipinski definition) is 4. The number of carbonyl (C=O) groups is 2. The maximum absolute atomic E-state index is 12.8. The van der Waals surface area contributed by atoms with Gasteiger partial charge in [-0.3, -0.25) is 4.79 Å². The van der Waals surface area contributed by atoms with Crippen molar-refractivity contribution in [1.82, 2.24) is 10.0 Å². The van der Waals surface area contributed by atoms with Crippen LogP contribution < -0.4 is 5.32 Å². The van der Waals surface area contributed by atoms with Crippen LogP contribution in [-0.4, -0.2) is 34.5 Å². The molecule has 0 fully saturated rings. The first-order chi connectivity index (χ1) is 11.7. The molecule has 2 aromatic carbocycles. The molecule has 0 aliphatic rings. The lowest BCUT2D eigenvalue weighted by Crippen LogP contribution is -2.41. The fourth-order valence-electron chi connectivity index (χ4n) is 2.95. The Morgan fingerprint density at radius 1 is 1.08 bits per heavy atom. The number of nitrogens with one attached hydrogen (secondary N) is 1. The topological polar surface area (TPSA) is 80.6 Å². The highest BCUT2D eigenvalue weighted by Crippen LogP contribution is 2.32. The van der Waals surface area contributed by atoms with Gasteiger partial charge in [-0.1, -0.05) is 36.4 Å². The Morgan fingerprint density at radius 2 is 1.76 bits per heavy atom. The van der Waals surface area contributed by atoms with Crippen LogP contribution >= 0.6 is 0 Å². The number of hydrogen-bond donors (Lipinski definition) is 2. The summed E-state index contributed by atoms with van der Waals surface area (Å²) in [7, 11) is 1.21. The third kappa shape index (κ3) is 2.80. The molecule has 0 aliphatic heterocycles. The van der Waals surface area contributed by atoms with Gasteiger partial charge in [-0.05, 0) is 26.2 Å². The second kappa shape index (κ2) is 5.81. The Hall–Kier alpha value is -3.02. The van der Waals surface area contributed by atoms with E-state index in [0.29, 0.717) is 10.9 Å². The van der Waals surface area contributed by atoms with Gasteiger partial charge in [0.1, 0.15) is 0 Å². The number of nitrogens with zero attached hydrogens (tertiary/aromatic N) is 1. The zero-order valence-corrected chi connectivity index (χ0v) is 14.6. The fourth-order valence-corrected chi connectivity index (χ4v) is 2.95. The first-order valence-corrected chi connectivity index (χ1v) is 7.91. The van der Waals surface area contributed by atoms with Crippen LogP contribution in [0.2, 0.25) is 0 Å². The van der Waals surface area contributed by atoms with Crippen LogP contribution in [-0.2, 0) is 4.74 Å². The van der Waals surface area contributed by atoms with E-state index < -0.39 is 17.4 Å². The number of rotatable bonds is 2. The van der Waals surface area contributed by atoms with Gasteiger partial charge in [0.15, 0.2) is 5.69 Å². The minimum absolute atomic E-state index is 0.102. The molecule has 0 atom stereocenters. The summed E-state index contributed by atoms with van der Waals surface area (Å²) < 4.78 is 5.53. The Bertz CT molecular complexity index is 996. The molecule has 0 saturated heterocycles. The molecule has 0 bridgehead atoms. The summed E-state index contributed by atoms with van der Waals surface area (Å²) in [6.07, 6.45) is 0. The van der Waals surface area contributed by atoms with Crippen LogP contribution in [0, 0.1) is 0 Å². The number of ether oxygens (including phenoxy) is 1. The molecule has 1 aromatic heterocycles. The van der Waals surface area contributed by atoms with Gasteiger partial charge in [-0.15, -0.1) is 0 Å². The molecule has 25 heavy (non-hydrogen) atoms. The second-order valence-electron chi connectivity index (χ2n) is 6.91. The molecule has 0 radical (unpaired) electrons. The predicted molar refractivity (Wildman–Crippen MR) is 95.2 cm³/mol. The van der Waals surface area contributed by atoms with Crippen LogP contribution in [0.1, 0.15) is 41.6 Å². The monoisotopic (exact) mass is 340 g/mol. The maximum Gasteiger partial charge on any atom is 0.359 e. The van der Waals surface area contributed by atoms with Gasteiger partial charge in [0.05, 0.1) is 18.2 Å². The summed E-state index contributed by atoms with van der Waals surface area (Å²) in [5, 5.41) is 15.6. The number of amides is 1. The van der Waals surface area contributed by atoms with Crippen molar-refractivity contribution in [3.63, 3.8) is 0 Å². The van der Waals surface area contributed by atoms with Crippen molar-refractivity contribution in [2.45, 2.75) is 26.3 Å². The van der Waals surface area contributed by atoms with E-state index in [4.69, 9.17) is 4.74 Å². The zero-order chi connectivity index (χ0) is 18.4. The van der Waals surface area contributed by atoms with E-state index in [-0.39, 0.29) is 11.3 Å². The molecule has 1 heterocycles. The summed E-state index contributed by atoms with van der Waals surface area (Å²) in [4.78, 5) is 25.1. The molecular weight excluding hydrogens is 320 g/mol. The van der Waals surface area contributed by atoms with Gasteiger partial charge in [0, 0.05) is 16.3 Å². The molecule has 2 N–H and O–H groups in total. The first-order valence-electron chi connectivity index (χ1n) is 7.91. The highest BCUT2D eigenvalue weighted by atomic mass is 16.5. The fraction of sp³-hybridized carbons (Fsp3) is 0.263. The molecule has 0 saturated carbocycles. The summed E-state index contributed by atoms with van der Waals surface area (Å²) >= 11 is 0. The molecule has 0 spiro atoms. The second-order valence-corrected chi connectivity index (χ2v) is 6.91. The SMILES string of the molecule is COC(=O)c1c(C(=O)NC(C)(C)C)c2ccc3ccccc3c2n1O. The van der Waals surface area contributed by atoms with E-state index >= 15 is 0 Å². The van der Waals surface area contributed by atoms with Crippen molar-refractivity contribution in [2.75, 3.05) is 7.11 Å². The lowest BCUT2D eigenvalue weighted by Gasteiger charge is -2.20. The number of benzene rings is 2. The third-order valence-corrected chi connectivity index (χ3v) is 3.92. The molecule has 1 amide bonds. The van der Waals surface area contributed by atoms with Crippen LogP contribution in [0.4, 0.5) is 0 Å². The van der Waals surface area contributed by atoms with E-state index in [1.165, 1.54) is 7.11 Å². The van der Waals surface area contributed by atoms with Crippen molar-refractivity contribution >= 4 is 33.6 Å². The van der Waals surface area contributed by atoms with Crippen molar-refractivity contribution in [3.8, 4) is 0 Å². The first kappa shape index (κ1) is 16.8. The van der Waals surface area contributed by atoms with Gasteiger partial charge >= 0.3 is 5.97 Å². The highest BCUT2D eigenvalue weighted by molar-refractivity contribution is 6.19. The normalized spacial score (nSPS) is 11.7. The molecule has 3 rings (SSSR count). The van der Waals surface area contributed by atoms with Gasteiger partial charge in [0.2, 0.25) is 0 Å². The van der Waals surface area contributed by atoms with Gasteiger partial charge in [0.25, 0.3) is 5.91 Å². The number of fused-ring (bicyclic) bond motifs is 3. The standard InChI is InChI=1S/C19H20N2O4/c1-19(2,3)20-17(22)14-13-10-9-11-7-5-6-8-12(11)15(13)21(24)16(14)18(23)25-4/h5-10,24H,1-4H3,(H,20,22). The lowest BCUT2D eigenvalue weighted by molar-refractivity contribution is 0.0548. The number of carbonyl (C=O) groups excluding carboxylic acids is 2. The molecule has 6 heteroatoms. The molecule has 130 valence electrons. The molecule has 0 unspecified atom stereocenters. The Kier molecular flexibility index (Phi) is 3.91. The number of methoxy groups -OCH3 is 1. The Morgan fingerprint density at radius 3 is 2.40 bits per heavy atom. The lowest BCUT2D eigenvalue weighted by atomic mass is 10.0. The Balaban J connectivity index is 2.39. The minimum atomic E-state index is -0.776. The summed E-state index contributed by atoms with van der Waals surface area (Å²) in [5.74, 6) is -1.22. The van der Waals surface area contributed by atoms with Gasteiger partial charge in [-0.25, -0.2) is 4.79 Å².